The summed E-state index contributed by atoms with van der Waals surface area (Å²) >= 11 is 5.34. The molecule has 1 nitrogen and oxygen atoms in total. The minimum atomic E-state index is 1.08. The molecule has 1 aromatic carbocycles. The molecule has 0 fully saturated rings. The number of fused-ring (bicyclic) bond motifs is 1. The van der Waals surface area contributed by atoms with Crippen LogP contribution in [0.5, 0.6) is 0 Å². The van der Waals surface area contributed by atoms with Gasteiger partial charge in [-0.05, 0) is 35.7 Å². The van der Waals surface area contributed by atoms with E-state index in [1.165, 1.54) is 14.9 Å². The lowest BCUT2D eigenvalue weighted by molar-refractivity contribution is 0.507. The Kier molecular flexibility index (Phi) is 2.44. The highest BCUT2D eigenvalue weighted by Gasteiger charge is 2.17. The van der Waals surface area contributed by atoms with Gasteiger partial charge in [-0.2, -0.15) is 0 Å². The van der Waals surface area contributed by atoms with Gasteiger partial charge in [0.25, 0.3) is 0 Å². The van der Waals surface area contributed by atoms with Gasteiger partial charge < -0.3 is 0 Å². The minimum absolute atomic E-state index is 1.08. The first kappa shape index (κ1) is 8.60. The molecule has 0 bridgehead atoms. The van der Waals surface area contributed by atoms with E-state index in [0.717, 1.165) is 13.1 Å². The standard InChI is InChI=1S/C9H10BrNS/c1-2-11-6-7-5-8(10)3-4-9(7)12-11/h3-5H,2,6H2,1H3. The second kappa shape index (κ2) is 3.40. The Morgan fingerprint density at radius 2 is 2.42 bits per heavy atom. The normalized spacial score (nSPS) is 16.5. The van der Waals surface area contributed by atoms with E-state index in [1.54, 1.807) is 0 Å². The molecule has 1 aromatic rings. The van der Waals surface area contributed by atoms with Crippen LogP contribution in [-0.2, 0) is 6.54 Å². The van der Waals surface area contributed by atoms with Crippen molar-refractivity contribution < 1.29 is 0 Å². The van der Waals surface area contributed by atoms with Gasteiger partial charge in [-0.15, -0.1) is 0 Å². The maximum absolute atomic E-state index is 3.48. The molecule has 0 aromatic heterocycles. The van der Waals surface area contributed by atoms with Crippen LogP contribution in [-0.4, -0.2) is 10.8 Å². The lowest BCUT2D eigenvalue weighted by atomic mass is 10.2. The molecule has 2 rings (SSSR count). The molecule has 0 atom stereocenters. The van der Waals surface area contributed by atoms with Crippen molar-refractivity contribution in [2.45, 2.75) is 18.4 Å². The third-order valence-electron chi connectivity index (χ3n) is 1.95. The van der Waals surface area contributed by atoms with Gasteiger partial charge in [0, 0.05) is 22.5 Å². The number of rotatable bonds is 1. The topological polar surface area (TPSA) is 3.24 Å². The molecule has 1 aliphatic heterocycles. The van der Waals surface area contributed by atoms with Gasteiger partial charge in [-0.25, -0.2) is 4.31 Å². The average molecular weight is 244 g/mol. The van der Waals surface area contributed by atoms with Crippen LogP contribution in [0.4, 0.5) is 0 Å². The number of halogens is 1. The van der Waals surface area contributed by atoms with E-state index >= 15 is 0 Å². The quantitative estimate of drug-likeness (QED) is 0.697. The summed E-state index contributed by atoms with van der Waals surface area (Å²) in [6.07, 6.45) is 0. The molecule has 1 heterocycles. The summed E-state index contributed by atoms with van der Waals surface area (Å²) in [5.41, 5.74) is 1.44. The van der Waals surface area contributed by atoms with Gasteiger partial charge in [0.15, 0.2) is 0 Å². The summed E-state index contributed by atoms with van der Waals surface area (Å²) < 4.78 is 3.54. The van der Waals surface area contributed by atoms with Crippen LogP contribution in [0.15, 0.2) is 27.6 Å². The molecule has 0 spiro atoms. The van der Waals surface area contributed by atoms with Crippen molar-refractivity contribution in [1.82, 2.24) is 4.31 Å². The number of hydrogen-bond acceptors (Lipinski definition) is 2. The third-order valence-corrected chi connectivity index (χ3v) is 3.68. The molecule has 0 saturated carbocycles. The molecular weight excluding hydrogens is 234 g/mol. The summed E-state index contributed by atoms with van der Waals surface area (Å²) in [5.74, 6) is 0. The first-order valence-corrected chi connectivity index (χ1v) is 5.57. The second-order valence-corrected chi connectivity index (χ2v) is 4.85. The van der Waals surface area contributed by atoms with Crippen LogP contribution in [0, 0.1) is 0 Å². The largest absolute Gasteiger partial charge is 0.242 e. The summed E-state index contributed by atoms with van der Waals surface area (Å²) in [6.45, 7) is 4.38. The molecule has 0 aliphatic carbocycles. The van der Waals surface area contributed by atoms with Gasteiger partial charge in [-0.1, -0.05) is 22.9 Å². The Morgan fingerprint density at radius 3 is 3.17 bits per heavy atom. The van der Waals surface area contributed by atoms with Crippen molar-refractivity contribution in [2.75, 3.05) is 6.54 Å². The van der Waals surface area contributed by atoms with E-state index in [1.807, 2.05) is 11.9 Å². The predicted octanol–water partition coefficient (Wildman–Crippen LogP) is 3.29. The van der Waals surface area contributed by atoms with E-state index in [0.29, 0.717) is 0 Å². The van der Waals surface area contributed by atoms with Crippen molar-refractivity contribution in [2.24, 2.45) is 0 Å². The van der Waals surface area contributed by atoms with Crippen molar-refractivity contribution in [3.8, 4) is 0 Å². The lowest BCUT2D eigenvalue weighted by Crippen LogP contribution is -2.07. The molecule has 1 aliphatic rings. The molecule has 64 valence electrons. The monoisotopic (exact) mass is 243 g/mol. The van der Waals surface area contributed by atoms with Crippen LogP contribution in [0.25, 0.3) is 0 Å². The van der Waals surface area contributed by atoms with Gasteiger partial charge in [0.1, 0.15) is 0 Å². The van der Waals surface area contributed by atoms with E-state index in [-0.39, 0.29) is 0 Å². The Bertz CT molecular complexity index is 301. The Hall–Kier alpha value is 0.01000. The van der Waals surface area contributed by atoms with Gasteiger partial charge >= 0.3 is 0 Å². The summed E-state index contributed by atoms with van der Waals surface area (Å²) in [4.78, 5) is 1.40. The van der Waals surface area contributed by atoms with Crippen LogP contribution in [0.1, 0.15) is 12.5 Å². The zero-order chi connectivity index (χ0) is 8.55. The fourth-order valence-corrected chi connectivity index (χ4v) is 2.69. The van der Waals surface area contributed by atoms with Gasteiger partial charge in [-0.3, -0.25) is 0 Å². The zero-order valence-electron chi connectivity index (χ0n) is 6.88. The Labute approximate surface area is 85.4 Å². The first-order chi connectivity index (χ1) is 5.79. The molecule has 0 unspecified atom stereocenters. The summed E-state index contributed by atoms with van der Waals surface area (Å²) in [5, 5.41) is 0. The molecule has 12 heavy (non-hydrogen) atoms. The fraction of sp³-hybridized carbons (Fsp3) is 0.333. The van der Waals surface area contributed by atoms with Crippen LogP contribution in [0.2, 0.25) is 0 Å². The van der Waals surface area contributed by atoms with Crippen LogP contribution < -0.4 is 0 Å². The molecule has 0 radical (unpaired) electrons. The molecular formula is C9H10BrNS. The molecule has 0 saturated heterocycles. The summed E-state index contributed by atoms with van der Waals surface area (Å²) in [7, 11) is 0. The number of hydrogen-bond donors (Lipinski definition) is 0. The predicted molar refractivity (Wildman–Crippen MR) is 56.1 cm³/mol. The van der Waals surface area contributed by atoms with Crippen molar-refractivity contribution in [3.63, 3.8) is 0 Å². The molecule has 0 N–H and O–H groups in total. The SMILES string of the molecule is CCN1Cc2cc(Br)ccc2S1. The van der Waals surface area contributed by atoms with Gasteiger partial charge in [0.2, 0.25) is 0 Å². The van der Waals surface area contributed by atoms with Crippen LogP contribution >= 0.6 is 27.9 Å². The van der Waals surface area contributed by atoms with Crippen molar-refractivity contribution in [3.05, 3.63) is 28.2 Å². The minimum Gasteiger partial charge on any atom is -0.242 e. The van der Waals surface area contributed by atoms with E-state index in [9.17, 15) is 0 Å². The molecule has 3 heteroatoms. The Morgan fingerprint density at radius 1 is 1.58 bits per heavy atom. The highest BCUT2D eigenvalue weighted by molar-refractivity contribution is 9.10. The van der Waals surface area contributed by atoms with Crippen molar-refractivity contribution >= 4 is 27.9 Å². The second-order valence-electron chi connectivity index (χ2n) is 2.80. The highest BCUT2D eigenvalue weighted by atomic mass is 79.9. The highest BCUT2D eigenvalue weighted by Crippen LogP contribution is 2.36. The lowest BCUT2D eigenvalue weighted by Gasteiger charge is -2.07. The van der Waals surface area contributed by atoms with Crippen molar-refractivity contribution in [1.29, 1.82) is 0 Å². The van der Waals surface area contributed by atoms with Gasteiger partial charge in [0.05, 0.1) is 0 Å². The number of benzene rings is 1. The Balaban J connectivity index is 2.30. The average Bonchev–Trinajstić information content (AvgIpc) is 2.46. The van der Waals surface area contributed by atoms with Crippen LogP contribution in [0.3, 0.4) is 0 Å². The summed E-state index contributed by atoms with van der Waals surface area (Å²) in [6, 6.07) is 6.49. The maximum Gasteiger partial charge on any atom is 0.0355 e. The first-order valence-electron chi connectivity index (χ1n) is 4.01. The maximum atomic E-state index is 3.48. The third kappa shape index (κ3) is 1.53. The fourth-order valence-electron chi connectivity index (χ4n) is 1.30. The zero-order valence-corrected chi connectivity index (χ0v) is 9.28. The molecule has 0 amide bonds. The number of nitrogens with zero attached hydrogens (tertiary/aromatic N) is 1. The smallest absolute Gasteiger partial charge is 0.0355 e. The van der Waals surface area contributed by atoms with E-state index < -0.39 is 0 Å². The van der Waals surface area contributed by atoms with E-state index in [2.05, 4.69) is 45.4 Å². The van der Waals surface area contributed by atoms with E-state index in [4.69, 9.17) is 0 Å².